The molecule has 1 aromatic rings. The van der Waals surface area contributed by atoms with Gasteiger partial charge in [-0.05, 0) is 6.92 Å². The number of nitrogens with one attached hydrogen (secondary N) is 1. The molecule has 1 N–H and O–H groups in total. The van der Waals surface area contributed by atoms with E-state index in [1.165, 1.54) is 0 Å². The molecule has 0 amide bonds. The molecule has 1 aliphatic rings. The minimum absolute atomic E-state index is 0.552. The van der Waals surface area contributed by atoms with Crippen LogP contribution in [0, 0.1) is 0 Å². The summed E-state index contributed by atoms with van der Waals surface area (Å²) in [5.74, 6) is 1.54. The molecule has 1 aliphatic heterocycles. The second-order valence-corrected chi connectivity index (χ2v) is 4.05. The molecule has 1 saturated heterocycles. The molecule has 0 spiro atoms. The van der Waals surface area contributed by atoms with E-state index in [0.717, 1.165) is 44.3 Å². The maximum absolute atomic E-state index is 5.08. The first-order valence-corrected chi connectivity index (χ1v) is 5.55. The van der Waals surface area contributed by atoms with Gasteiger partial charge in [-0.15, -0.1) is 0 Å². The number of nitrogens with zero attached hydrogens (tertiary/aromatic N) is 3. The lowest BCUT2D eigenvalue weighted by Gasteiger charge is -2.30. The summed E-state index contributed by atoms with van der Waals surface area (Å²) >= 11 is 0. The molecular formula is C10H18N4O. The third-order valence-corrected chi connectivity index (χ3v) is 2.63. The molecule has 0 aliphatic carbocycles. The number of rotatable bonds is 3. The van der Waals surface area contributed by atoms with Gasteiger partial charge in [0.05, 0.1) is 6.54 Å². The van der Waals surface area contributed by atoms with E-state index in [1.807, 2.05) is 6.92 Å². The van der Waals surface area contributed by atoms with Crippen molar-refractivity contribution in [1.29, 1.82) is 0 Å². The van der Waals surface area contributed by atoms with E-state index < -0.39 is 0 Å². The van der Waals surface area contributed by atoms with Crippen molar-refractivity contribution < 1.29 is 4.52 Å². The molecule has 15 heavy (non-hydrogen) atoms. The highest BCUT2D eigenvalue weighted by molar-refractivity contribution is 4.87. The first-order valence-electron chi connectivity index (χ1n) is 5.55. The highest BCUT2D eigenvalue weighted by Gasteiger charge is 2.17. The van der Waals surface area contributed by atoms with Crippen LogP contribution in [0.1, 0.15) is 25.6 Å². The Morgan fingerprint density at radius 3 is 3.13 bits per heavy atom. The van der Waals surface area contributed by atoms with Crippen LogP contribution in [0.2, 0.25) is 0 Å². The zero-order chi connectivity index (χ0) is 10.7. The van der Waals surface area contributed by atoms with Crippen LogP contribution in [0.25, 0.3) is 0 Å². The summed E-state index contributed by atoms with van der Waals surface area (Å²) < 4.78 is 5.08. The molecule has 5 heteroatoms. The average molecular weight is 210 g/mol. The van der Waals surface area contributed by atoms with Crippen molar-refractivity contribution in [2.75, 3.05) is 19.6 Å². The fourth-order valence-electron chi connectivity index (χ4n) is 1.85. The SMILES string of the molecule is CCc1nc(CN2CCN[C@H](C)C2)no1. The van der Waals surface area contributed by atoms with Gasteiger partial charge in [0, 0.05) is 32.1 Å². The van der Waals surface area contributed by atoms with Crippen LogP contribution < -0.4 is 5.32 Å². The molecule has 0 radical (unpaired) electrons. The number of hydrogen-bond donors (Lipinski definition) is 1. The summed E-state index contributed by atoms with van der Waals surface area (Å²) in [4.78, 5) is 6.66. The third kappa shape index (κ3) is 2.76. The topological polar surface area (TPSA) is 54.2 Å². The lowest BCUT2D eigenvalue weighted by atomic mass is 10.2. The molecule has 1 aromatic heterocycles. The second-order valence-electron chi connectivity index (χ2n) is 4.05. The van der Waals surface area contributed by atoms with Crippen LogP contribution in [-0.2, 0) is 13.0 Å². The molecule has 2 heterocycles. The van der Waals surface area contributed by atoms with Gasteiger partial charge >= 0.3 is 0 Å². The lowest BCUT2D eigenvalue weighted by molar-refractivity contribution is 0.193. The van der Waals surface area contributed by atoms with E-state index >= 15 is 0 Å². The predicted molar refractivity (Wildman–Crippen MR) is 56.4 cm³/mol. The third-order valence-electron chi connectivity index (χ3n) is 2.63. The van der Waals surface area contributed by atoms with Crippen molar-refractivity contribution in [2.24, 2.45) is 0 Å². The minimum Gasteiger partial charge on any atom is -0.339 e. The molecule has 0 bridgehead atoms. The van der Waals surface area contributed by atoms with Crippen molar-refractivity contribution in [3.63, 3.8) is 0 Å². The van der Waals surface area contributed by atoms with E-state index in [0.29, 0.717) is 6.04 Å². The molecule has 0 aromatic carbocycles. The molecule has 84 valence electrons. The molecule has 2 rings (SSSR count). The Balaban J connectivity index is 1.90. The summed E-state index contributed by atoms with van der Waals surface area (Å²) in [6, 6.07) is 0.552. The first kappa shape index (κ1) is 10.6. The van der Waals surface area contributed by atoms with Crippen molar-refractivity contribution in [1.82, 2.24) is 20.4 Å². The van der Waals surface area contributed by atoms with Crippen LogP contribution in [0.3, 0.4) is 0 Å². The van der Waals surface area contributed by atoms with Gasteiger partial charge in [0.2, 0.25) is 5.89 Å². The van der Waals surface area contributed by atoms with Crippen molar-refractivity contribution in [3.8, 4) is 0 Å². The van der Waals surface area contributed by atoms with Gasteiger partial charge in [-0.1, -0.05) is 12.1 Å². The Kier molecular flexibility index (Phi) is 3.33. The van der Waals surface area contributed by atoms with E-state index in [-0.39, 0.29) is 0 Å². The quantitative estimate of drug-likeness (QED) is 0.784. The zero-order valence-corrected chi connectivity index (χ0v) is 9.36. The fraction of sp³-hybridized carbons (Fsp3) is 0.800. The van der Waals surface area contributed by atoms with Gasteiger partial charge in [-0.25, -0.2) is 0 Å². The molecule has 0 unspecified atom stereocenters. The number of aryl methyl sites for hydroxylation is 1. The van der Waals surface area contributed by atoms with Gasteiger partial charge in [-0.3, -0.25) is 4.90 Å². The zero-order valence-electron chi connectivity index (χ0n) is 9.36. The van der Waals surface area contributed by atoms with Gasteiger partial charge in [0.15, 0.2) is 5.82 Å². The highest BCUT2D eigenvalue weighted by Crippen LogP contribution is 2.05. The average Bonchev–Trinajstić information content (AvgIpc) is 2.65. The Hall–Kier alpha value is -0.940. The molecule has 0 saturated carbocycles. The highest BCUT2D eigenvalue weighted by atomic mass is 16.5. The van der Waals surface area contributed by atoms with Crippen LogP contribution >= 0.6 is 0 Å². The standard InChI is InChI=1S/C10H18N4O/c1-3-10-12-9(13-15-10)7-14-5-4-11-8(2)6-14/h8,11H,3-7H2,1-2H3/t8-/m1/s1. The summed E-state index contributed by atoms with van der Waals surface area (Å²) in [7, 11) is 0. The Labute approximate surface area is 89.8 Å². The summed E-state index contributed by atoms with van der Waals surface area (Å²) in [5, 5.41) is 7.37. The maximum atomic E-state index is 5.08. The van der Waals surface area contributed by atoms with Crippen molar-refractivity contribution >= 4 is 0 Å². The van der Waals surface area contributed by atoms with E-state index in [4.69, 9.17) is 4.52 Å². The van der Waals surface area contributed by atoms with Gasteiger partial charge in [-0.2, -0.15) is 4.98 Å². The predicted octanol–water partition coefficient (Wildman–Crippen LogP) is 0.426. The minimum atomic E-state index is 0.552. The van der Waals surface area contributed by atoms with Crippen LogP contribution in [0.5, 0.6) is 0 Å². The van der Waals surface area contributed by atoms with Crippen molar-refractivity contribution in [3.05, 3.63) is 11.7 Å². The molecule has 5 nitrogen and oxygen atoms in total. The monoisotopic (exact) mass is 210 g/mol. The number of piperazine rings is 1. The Bertz CT molecular complexity index is 312. The normalized spacial score (nSPS) is 23.2. The number of aromatic nitrogens is 2. The molecular weight excluding hydrogens is 192 g/mol. The first-order chi connectivity index (χ1) is 7.28. The number of hydrogen-bond acceptors (Lipinski definition) is 5. The Morgan fingerprint density at radius 1 is 1.60 bits per heavy atom. The van der Waals surface area contributed by atoms with E-state index in [9.17, 15) is 0 Å². The molecule has 1 atom stereocenters. The lowest BCUT2D eigenvalue weighted by Crippen LogP contribution is -2.48. The van der Waals surface area contributed by atoms with Crippen LogP contribution in [0.15, 0.2) is 4.52 Å². The van der Waals surface area contributed by atoms with Gasteiger partial charge in [0.25, 0.3) is 0 Å². The smallest absolute Gasteiger partial charge is 0.226 e. The van der Waals surface area contributed by atoms with Gasteiger partial charge in [0.1, 0.15) is 0 Å². The second kappa shape index (κ2) is 4.72. The van der Waals surface area contributed by atoms with E-state index in [2.05, 4.69) is 27.3 Å². The molecule has 1 fully saturated rings. The summed E-state index contributed by atoms with van der Waals surface area (Å²) in [5.41, 5.74) is 0. The van der Waals surface area contributed by atoms with E-state index in [1.54, 1.807) is 0 Å². The Morgan fingerprint density at radius 2 is 2.47 bits per heavy atom. The largest absolute Gasteiger partial charge is 0.339 e. The fourth-order valence-corrected chi connectivity index (χ4v) is 1.85. The van der Waals surface area contributed by atoms with Gasteiger partial charge < -0.3 is 9.84 Å². The summed E-state index contributed by atoms with van der Waals surface area (Å²) in [6.07, 6.45) is 0.810. The van der Waals surface area contributed by atoms with Crippen molar-refractivity contribution in [2.45, 2.75) is 32.9 Å². The maximum Gasteiger partial charge on any atom is 0.226 e. The van der Waals surface area contributed by atoms with Crippen LogP contribution in [0.4, 0.5) is 0 Å². The summed E-state index contributed by atoms with van der Waals surface area (Å²) in [6.45, 7) is 8.16. The van der Waals surface area contributed by atoms with Crippen LogP contribution in [-0.4, -0.2) is 40.7 Å².